The third-order valence-corrected chi connectivity index (χ3v) is 4.53. The number of nitrogens with two attached hydrogens (primary N) is 1. The van der Waals surface area contributed by atoms with Crippen LogP contribution in [0.1, 0.15) is 5.69 Å². The summed E-state index contributed by atoms with van der Waals surface area (Å²) in [6.07, 6.45) is 2.74. The summed E-state index contributed by atoms with van der Waals surface area (Å²) < 4.78 is 7.87. The molecule has 0 fully saturated rings. The number of ether oxygens (including phenoxy) is 1. The van der Waals surface area contributed by atoms with Crippen molar-refractivity contribution >= 4 is 11.8 Å². The standard InChI is InChI=1S/C14H18N4OS/c1-18-7-6-10(17-18)8-11(16-15)13-9-20-14-5-3-2-4-12(14)19-13/h2-7,11,13,16H,8-9,15H2,1H3. The molecule has 1 aliphatic heterocycles. The van der Waals surface area contributed by atoms with E-state index in [1.807, 2.05) is 49.3 Å². The van der Waals surface area contributed by atoms with Crippen LogP contribution >= 0.6 is 11.8 Å². The van der Waals surface area contributed by atoms with Crippen molar-refractivity contribution in [3.05, 3.63) is 42.2 Å². The molecule has 0 spiro atoms. The third-order valence-electron chi connectivity index (χ3n) is 3.39. The van der Waals surface area contributed by atoms with Crippen molar-refractivity contribution in [2.24, 2.45) is 12.9 Å². The maximum absolute atomic E-state index is 6.07. The normalized spacial score (nSPS) is 19.2. The first-order chi connectivity index (χ1) is 9.76. The van der Waals surface area contributed by atoms with E-state index in [1.165, 1.54) is 4.90 Å². The van der Waals surface area contributed by atoms with E-state index in [2.05, 4.69) is 16.6 Å². The summed E-state index contributed by atoms with van der Waals surface area (Å²) in [4.78, 5) is 1.19. The minimum absolute atomic E-state index is 0.0434. The van der Waals surface area contributed by atoms with Crippen LogP contribution in [0.3, 0.4) is 0 Å². The molecular formula is C14H18N4OS. The molecule has 5 nitrogen and oxygen atoms in total. The number of nitrogens with one attached hydrogen (secondary N) is 1. The Bertz CT molecular complexity index is 586. The Kier molecular flexibility index (Phi) is 3.95. The molecule has 2 atom stereocenters. The van der Waals surface area contributed by atoms with Gasteiger partial charge in [0.2, 0.25) is 0 Å². The average Bonchev–Trinajstić information content (AvgIpc) is 2.89. The molecule has 2 unspecified atom stereocenters. The zero-order chi connectivity index (χ0) is 13.9. The summed E-state index contributed by atoms with van der Waals surface area (Å²) in [5.74, 6) is 7.53. The summed E-state index contributed by atoms with van der Waals surface area (Å²) >= 11 is 1.81. The summed E-state index contributed by atoms with van der Waals surface area (Å²) in [5.41, 5.74) is 3.89. The van der Waals surface area contributed by atoms with Gasteiger partial charge < -0.3 is 4.74 Å². The van der Waals surface area contributed by atoms with Crippen molar-refractivity contribution in [3.8, 4) is 5.75 Å². The van der Waals surface area contributed by atoms with Gasteiger partial charge in [-0.25, -0.2) is 0 Å². The topological polar surface area (TPSA) is 65.1 Å². The number of rotatable bonds is 4. The highest BCUT2D eigenvalue weighted by molar-refractivity contribution is 7.99. The zero-order valence-electron chi connectivity index (χ0n) is 11.3. The van der Waals surface area contributed by atoms with Crippen LogP contribution in [0.5, 0.6) is 5.75 Å². The molecule has 0 amide bonds. The van der Waals surface area contributed by atoms with E-state index >= 15 is 0 Å². The van der Waals surface area contributed by atoms with Crippen LogP contribution in [0, 0.1) is 0 Å². The lowest BCUT2D eigenvalue weighted by atomic mass is 10.1. The van der Waals surface area contributed by atoms with E-state index in [-0.39, 0.29) is 12.1 Å². The molecule has 0 aliphatic carbocycles. The Labute approximate surface area is 122 Å². The molecule has 0 radical (unpaired) electrons. The van der Waals surface area contributed by atoms with Gasteiger partial charge in [0.05, 0.1) is 11.7 Å². The number of thioether (sulfide) groups is 1. The number of benzene rings is 1. The molecule has 6 heteroatoms. The third kappa shape index (κ3) is 2.82. The first-order valence-corrected chi connectivity index (χ1v) is 7.58. The van der Waals surface area contributed by atoms with Gasteiger partial charge in [-0.1, -0.05) is 12.1 Å². The summed E-state index contributed by atoms with van der Waals surface area (Å²) in [5, 5.41) is 4.40. The van der Waals surface area contributed by atoms with Crippen molar-refractivity contribution < 1.29 is 4.74 Å². The van der Waals surface area contributed by atoms with Crippen molar-refractivity contribution in [1.82, 2.24) is 15.2 Å². The molecule has 0 bridgehead atoms. The van der Waals surface area contributed by atoms with E-state index in [4.69, 9.17) is 10.6 Å². The highest BCUT2D eigenvalue weighted by Gasteiger charge is 2.28. The van der Waals surface area contributed by atoms with E-state index in [0.717, 1.165) is 23.6 Å². The predicted octanol–water partition coefficient (Wildman–Crippen LogP) is 1.35. The van der Waals surface area contributed by atoms with Crippen LogP contribution < -0.4 is 16.0 Å². The van der Waals surface area contributed by atoms with Crippen LogP contribution in [-0.4, -0.2) is 27.7 Å². The molecule has 1 aromatic carbocycles. The Hall–Kier alpha value is -1.50. The first-order valence-electron chi connectivity index (χ1n) is 6.59. The van der Waals surface area contributed by atoms with Crippen LogP contribution in [-0.2, 0) is 13.5 Å². The molecule has 1 aliphatic rings. The van der Waals surface area contributed by atoms with Crippen molar-refractivity contribution in [2.75, 3.05) is 5.75 Å². The van der Waals surface area contributed by atoms with Crippen molar-refractivity contribution in [2.45, 2.75) is 23.5 Å². The average molecular weight is 290 g/mol. The second kappa shape index (κ2) is 5.87. The minimum Gasteiger partial charge on any atom is -0.487 e. The molecule has 106 valence electrons. The number of aromatic nitrogens is 2. The van der Waals surface area contributed by atoms with Crippen molar-refractivity contribution in [3.63, 3.8) is 0 Å². The van der Waals surface area contributed by atoms with Gasteiger partial charge in [-0.05, 0) is 18.2 Å². The molecule has 0 saturated heterocycles. The fraction of sp³-hybridized carbons (Fsp3) is 0.357. The molecule has 2 aromatic rings. The Balaban J connectivity index is 1.71. The predicted molar refractivity (Wildman–Crippen MR) is 79.6 cm³/mol. The van der Waals surface area contributed by atoms with Gasteiger partial charge in [-0.15, -0.1) is 11.8 Å². The second-order valence-electron chi connectivity index (χ2n) is 4.87. The van der Waals surface area contributed by atoms with E-state index < -0.39 is 0 Å². The molecule has 20 heavy (non-hydrogen) atoms. The van der Waals surface area contributed by atoms with Gasteiger partial charge in [0, 0.05) is 30.3 Å². The number of aryl methyl sites for hydroxylation is 1. The molecule has 3 N–H and O–H groups in total. The summed E-state index contributed by atoms with van der Waals surface area (Å²) in [6, 6.07) is 10.2. The van der Waals surface area contributed by atoms with Crippen LogP contribution in [0.15, 0.2) is 41.4 Å². The van der Waals surface area contributed by atoms with Gasteiger partial charge >= 0.3 is 0 Å². The largest absolute Gasteiger partial charge is 0.487 e. The Morgan fingerprint density at radius 3 is 3.10 bits per heavy atom. The Morgan fingerprint density at radius 1 is 1.50 bits per heavy atom. The minimum atomic E-state index is 0.0434. The smallest absolute Gasteiger partial charge is 0.133 e. The maximum Gasteiger partial charge on any atom is 0.133 e. The molecule has 1 aromatic heterocycles. The lowest BCUT2D eigenvalue weighted by molar-refractivity contribution is 0.165. The first kappa shape index (κ1) is 13.5. The maximum atomic E-state index is 6.07. The Morgan fingerprint density at radius 2 is 2.35 bits per heavy atom. The fourth-order valence-corrected chi connectivity index (χ4v) is 3.41. The lowest BCUT2D eigenvalue weighted by Gasteiger charge is -2.31. The van der Waals surface area contributed by atoms with Crippen LogP contribution in [0.25, 0.3) is 0 Å². The number of hydrogen-bond donors (Lipinski definition) is 2. The van der Waals surface area contributed by atoms with Crippen molar-refractivity contribution in [1.29, 1.82) is 0 Å². The quantitative estimate of drug-likeness (QED) is 0.657. The SMILES string of the molecule is Cn1ccc(CC(NN)C2CSc3ccccc3O2)n1. The van der Waals surface area contributed by atoms with E-state index in [9.17, 15) is 0 Å². The molecule has 3 rings (SSSR count). The van der Waals surface area contributed by atoms with Gasteiger partial charge in [0.1, 0.15) is 11.9 Å². The molecule has 0 saturated carbocycles. The van der Waals surface area contributed by atoms with Crippen LogP contribution in [0.2, 0.25) is 0 Å². The van der Waals surface area contributed by atoms with E-state index in [0.29, 0.717) is 0 Å². The van der Waals surface area contributed by atoms with Gasteiger partial charge in [0.25, 0.3) is 0 Å². The zero-order valence-corrected chi connectivity index (χ0v) is 12.1. The highest BCUT2D eigenvalue weighted by Crippen LogP contribution is 2.35. The summed E-state index contributed by atoms with van der Waals surface area (Å²) in [6.45, 7) is 0. The number of para-hydroxylation sites is 1. The van der Waals surface area contributed by atoms with Gasteiger partial charge in [-0.2, -0.15) is 5.10 Å². The van der Waals surface area contributed by atoms with E-state index in [1.54, 1.807) is 4.68 Å². The van der Waals surface area contributed by atoms with Gasteiger partial charge in [0.15, 0.2) is 0 Å². The van der Waals surface area contributed by atoms with Gasteiger partial charge in [-0.3, -0.25) is 16.0 Å². The lowest BCUT2D eigenvalue weighted by Crippen LogP contribution is -2.50. The number of nitrogens with zero attached hydrogens (tertiary/aromatic N) is 2. The molecule has 2 heterocycles. The number of hydrogen-bond acceptors (Lipinski definition) is 5. The second-order valence-corrected chi connectivity index (χ2v) is 5.93. The molecular weight excluding hydrogens is 272 g/mol. The van der Waals surface area contributed by atoms with Crippen LogP contribution in [0.4, 0.5) is 0 Å². The fourth-order valence-electron chi connectivity index (χ4n) is 2.33. The summed E-state index contributed by atoms with van der Waals surface area (Å²) in [7, 11) is 1.91. The highest BCUT2D eigenvalue weighted by atomic mass is 32.2. The number of fused-ring (bicyclic) bond motifs is 1. The number of hydrazine groups is 1. The monoisotopic (exact) mass is 290 g/mol.